The zero-order valence-corrected chi connectivity index (χ0v) is 8.08. The van der Waals surface area contributed by atoms with Gasteiger partial charge >= 0.3 is 70.8 Å². The molecule has 1 aromatic rings. The number of nitrogens with two attached hydrogens (primary N) is 1. The van der Waals surface area contributed by atoms with Gasteiger partial charge < -0.3 is 0 Å². The van der Waals surface area contributed by atoms with Crippen LogP contribution in [0.4, 0.5) is 5.95 Å². The summed E-state index contributed by atoms with van der Waals surface area (Å²) in [4.78, 5) is 7.87. The molecule has 0 fully saturated rings. The van der Waals surface area contributed by atoms with Gasteiger partial charge in [0.05, 0.1) is 0 Å². The Hall–Kier alpha value is -0.801. The van der Waals surface area contributed by atoms with E-state index in [1.54, 1.807) is 13.2 Å². The van der Waals surface area contributed by atoms with Crippen LogP contribution in [0.25, 0.3) is 0 Å². The van der Waals surface area contributed by atoms with Gasteiger partial charge in [-0.3, -0.25) is 0 Å². The molecule has 60 valence electrons. The Morgan fingerprint density at radius 1 is 1.55 bits per heavy atom. The molecular formula is C6H9N3OSe. The first-order chi connectivity index (χ1) is 5.26. The third-order valence-corrected chi connectivity index (χ3v) is 2.43. The molecule has 0 aliphatic rings. The molecule has 0 aliphatic carbocycles. The van der Waals surface area contributed by atoms with Crippen LogP contribution in [0.3, 0.4) is 0 Å². The summed E-state index contributed by atoms with van der Waals surface area (Å²) in [6, 6.07) is 1.80. The van der Waals surface area contributed by atoms with Gasteiger partial charge in [0.15, 0.2) is 0 Å². The predicted molar refractivity (Wildman–Crippen MR) is 44.2 cm³/mol. The first-order valence-electron chi connectivity index (χ1n) is 2.99. The third kappa shape index (κ3) is 2.06. The van der Waals surface area contributed by atoms with Crippen LogP contribution in [0.15, 0.2) is 6.07 Å². The number of hydrogen-bond donors (Lipinski definition) is 1. The summed E-state index contributed by atoms with van der Waals surface area (Å²) in [6.07, 6.45) is 0. The summed E-state index contributed by atoms with van der Waals surface area (Å²) in [5.41, 5.74) is 5.42. The summed E-state index contributed by atoms with van der Waals surface area (Å²) in [5.74, 6) is 2.88. The average molecular weight is 218 g/mol. The standard InChI is InChI=1S/C6H9N3OSe/c1-10-4-3-5(11-2)9-6(7)8-4/h3H,1-2H3,(H2,7,8,9). The van der Waals surface area contributed by atoms with Crippen molar-refractivity contribution in [1.29, 1.82) is 0 Å². The maximum absolute atomic E-state index is 5.42. The topological polar surface area (TPSA) is 61.0 Å². The van der Waals surface area contributed by atoms with Crippen molar-refractivity contribution in [3.63, 3.8) is 0 Å². The zero-order chi connectivity index (χ0) is 8.27. The summed E-state index contributed by atoms with van der Waals surface area (Å²) in [6.45, 7) is 0. The Balaban J connectivity index is 3.02. The Kier molecular flexibility index (Phi) is 2.68. The normalized spacial score (nSPS) is 9.64. The van der Waals surface area contributed by atoms with Gasteiger partial charge in [0.1, 0.15) is 0 Å². The quantitative estimate of drug-likeness (QED) is 0.676. The SMILES string of the molecule is COc1cc([Se]C)nc(N)n1. The van der Waals surface area contributed by atoms with Crippen LogP contribution in [0, 0.1) is 0 Å². The number of anilines is 1. The zero-order valence-electron chi connectivity index (χ0n) is 6.37. The van der Waals surface area contributed by atoms with E-state index >= 15 is 0 Å². The van der Waals surface area contributed by atoms with Crippen LogP contribution >= 0.6 is 0 Å². The van der Waals surface area contributed by atoms with Crippen molar-refractivity contribution in [3.8, 4) is 5.88 Å². The van der Waals surface area contributed by atoms with Crippen LogP contribution in [0.1, 0.15) is 0 Å². The molecule has 0 amide bonds. The molecule has 0 atom stereocenters. The van der Waals surface area contributed by atoms with Crippen molar-refractivity contribution >= 4 is 25.5 Å². The molecule has 0 spiro atoms. The molecule has 4 nitrogen and oxygen atoms in total. The van der Waals surface area contributed by atoms with Crippen LogP contribution in [0.2, 0.25) is 5.82 Å². The molecule has 5 heteroatoms. The average Bonchev–Trinajstić information content (AvgIpc) is 2.03. The van der Waals surface area contributed by atoms with E-state index in [2.05, 4.69) is 15.8 Å². The van der Waals surface area contributed by atoms with E-state index in [9.17, 15) is 0 Å². The van der Waals surface area contributed by atoms with Crippen molar-refractivity contribution in [3.05, 3.63) is 6.07 Å². The molecule has 11 heavy (non-hydrogen) atoms. The Morgan fingerprint density at radius 3 is 2.82 bits per heavy atom. The number of aromatic nitrogens is 2. The van der Waals surface area contributed by atoms with Gasteiger partial charge in [-0.2, -0.15) is 0 Å². The molecule has 1 heterocycles. The van der Waals surface area contributed by atoms with Crippen LogP contribution in [-0.4, -0.2) is 32.0 Å². The van der Waals surface area contributed by atoms with Gasteiger partial charge in [-0.15, -0.1) is 0 Å². The minimum absolute atomic E-state index is 0.281. The predicted octanol–water partition coefficient (Wildman–Crippen LogP) is -0.555. The Bertz CT molecular complexity index is 231. The van der Waals surface area contributed by atoms with Gasteiger partial charge in [-0.1, -0.05) is 0 Å². The van der Waals surface area contributed by atoms with Crippen LogP contribution in [-0.2, 0) is 0 Å². The van der Waals surface area contributed by atoms with Gasteiger partial charge in [0.25, 0.3) is 0 Å². The fourth-order valence-electron chi connectivity index (χ4n) is 0.630. The molecule has 0 aliphatic heterocycles. The fourth-order valence-corrected chi connectivity index (χ4v) is 1.48. The van der Waals surface area contributed by atoms with Crippen molar-refractivity contribution in [2.75, 3.05) is 12.8 Å². The fraction of sp³-hybridized carbons (Fsp3) is 0.333. The number of nitrogens with zero attached hydrogens (tertiary/aromatic N) is 2. The van der Waals surface area contributed by atoms with E-state index < -0.39 is 0 Å². The van der Waals surface area contributed by atoms with Crippen molar-refractivity contribution in [1.82, 2.24) is 9.97 Å². The monoisotopic (exact) mass is 219 g/mol. The molecule has 1 aromatic heterocycles. The van der Waals surface area contributed by atoms with E-state index in [-0.39, 0.29) is 5.95 Å². The second kappa shape index (κ2) is 3.55. The number of nitrogen functional groups attached to an aromatic ring is 1. The first-order valence-corrected chi connectivity index (χ1v) is 5.55. The number of ether oxygens (including phenoxy) is 1. The molecular weight excluding hydrogens is 209 g/mol. The number of methoxy groups -OCH3 is 1. The molecule has 0 saturated carbocycles. The number of rotatable bonds is 2. The van der Waals surface area contributed by atoms with Gasteiger partial charge in [0, 0.05) is 0 Å². The van der Waals surface area contributed by atoms with E-state index in [1.165, 1.54) is 0 Å². The number of hydrogen-bond acceptors (Lipinski definition) is 4. The molecule has 0 saturated heterocycles. The Labute approximate surface area is 71.3 Å². The first kappa shape index (κ1) is 8.30. The summed E-state index contributed by atoms with van der Waals surface area (Å²) in [7, 11) is 1.56. The van der Waals surface area contributed by atoms with Crippen molar-refractivity contribution < 1.29 is 4.74 Å². The molecule has 1 rings (SSSR count). The summed E-state index contributed by atoms with van der Waals surface area (Å²) >= 11 is 0.338. The second-order valence-corrected chi connectivity index (χ2v) is 3.54. The summed E-state index contributed by atoms with van der Waals surface area (Å²) < 4.78 is 5.88. The Morgan fingerprint density at radius 2 is 2.27 bits per heavy atom. The van der Waals surface area contributed by atoms with Gasteiger partial charge in [-0.05, 0) is 0 Å². The van der Waals surface area contributed by atoms with E-state index in [0.717, 1.165) is 4.59 Å². The minimum atomic E-state index is 0.281. The molecule has 0 bridgehead atoms. The third-order valence-electron chi connectivity index (χ3n) is 1.11. The summed E-state index contributed by atoms with van der Waals surface area (Å²) in [5, 5.41) is 0. The second-order valence-electron chi connectivity index (χ2n) is 1.81. The molecule has 2 N–H and O–H groups in total. The maximum atomic E-state index is 5.42. The van der Waals surface area contributed by atoms with Crippen molar-refractivity contribution in [2.24, 2.45) is 0 Å². The van der Waals surface area contributed by atoms with E-state index in [0.29, 0.717) is 20.8 Å². The van der Waals surface area contributed by atoms with Gasteiger partial charge in [-0.25, -0.2) is 0 Å². The molecule has 0 aromatic carbocycles. The molecule has 0 radical (unpaired) electrons. The van der Waals surface area contributed by atoms with Gasteiger partial charge in [0.2, 0.25) is 0 Å². The van der Waals surface area contributed by atoms with Crippen LogP contribution < -0.4 is 15.1 Å². The van der Waals surface area contributed by atoms with E-state index in [1.807, 2.05) is 0 Å². The van der Waals surface area contributed by atoms with E-state index in [4.69, 9.17) is 10.5 Å². The van der Waals surface area contributed by atoms with Crippen LogP contribution in [0.5, 0.6) is 5.88 Å². The molecule has 0 unspecified atom stereocenters. The van der Waals surface area contributed by atoms with Crippen molar-refractivity contribution in [2.45, 2.75) is 5.82 Å².